The van der Waals surface area contributed by atoms with Crippen LogP contribution in [0.4, 0.5) is 0 Å². The molecule has 0 heterocycles. The summed E-state index contributed by atoms with van der Waals surface area (Å²) in [7, 11) is 0. The summed E-state index contributed by atoms with van der Waals surface area (Å²) in [6, 6.07) is 0. The van der Waals surface area contributed by atoms with Crippen molar-refractivity contribution in [3.63, 3.8) is 0 Å². The summed E-state index contributed by atoms with van der Waals surface area (Å²) in [4.78, 5) is 0. The van der Waals surface area contributed by atoms with Crippen molar-refractivity contribution in [3.05, 3.63) is 0 Å². The highest BCUT2D eigenvalue weighted by Gasteiger charge is 2.39. The van der Waals surface area contributed by atoms with Gasteiger partial charge < -0.3 is 10.2 Å². The lowest BCUT2D eigenvalue weighted by Crippen LogP contribution is -2.05. The molecule has 2 N–H and O–H groups in total. The van der Waals surface area contributed by atoms with E-state index in [1.807, 2.05) is 0 Å². The first-order valence-electron chi connectivity index (χ1n) is 3.04. The van der Waals surface area contributed by atoms with Crippen LogP contribution in [0.25, 0.3) is 0 Å². The van der Waals surface area contributed by atoms with Gasteiger partial charge in [-0.1, -0.05) is 0 Å². The zero-order chi connectivity index (χ0) is 6.15. The van der Waals surface area contributed by atoms with Crippen LogP contribution in [0.3, 0.4) is 0 Å². The van der Waals surface area contributed by atoms with Crippen LogP contribution in [0, 0.1) is 11.8 Å². The van der Waals surface area contributed by atoms with E-state index >= 15 is 0 Å². The predicted octanol–water partition coefficient (Wildman–Crippen LogP) is -0.00440. The zero-order valence-corrected chi connectivity index (χ0v) is 5.04. The van der Waals surface area contributed by atoms with E-state index in [2.05, 4.69) is 0 Å². The zero-order valence-electron chi connectivity index (χ0n) is 5.04. The van der Waals surface area contributed by atoms with Crippen LogP contribution in [0.2, 0.25) is 0 Å². The molecule has 0 amide bonds. The van der Waals surface area contributed by atoms with Gasteiger partial charge in [0.05, 0.1) is 6.10 Å². The van der Waals surface area contributed by atoms with Gasteiger partial charge >= 0.3 is 0 Å². The Morgan fingerprint density at radius 1 is 1.75 bits per heavy atom. The van der Waals surface area contributed by atoms with Crippen molar-refractivity contribution >= 4 is 0 Å². The van der Waals surface area contributed by atoms with Crippen molar-refractivity contribution in [2.24, 2.45) is 11.8 Å². The Kier molecular flexibility index (Phi) is 1.54. The number of aliphatic hydroxyl groups is 2. The van der Waals surface area contributed by atoms with Crippen molar-refractivity contribution < 1.29 is 10.2 Å². The third-order valence-corrected chi connectivity index (χ3v) is 1.83. The van der Waals surface area contributed by atoms with E-state index < -0.39 is 0 Å². The maximum Gasteiger partial charge on any atom is 0.0543 e. The molecule has 0 saturated heterocycles. The Morgan fingerprint density at radius 2 is 2.38 bits per heavy atom. The second-order valence-corrected chi connectivity index (χ2v) is 2.58. The molecule has 0 spiro atoms. The molecule has 8 heavy (non-hydrogen) atoms. The summed E-state index contributed by atoms with van der Waals surface area (Å²) >= 11 is 0. The molecule has 3 atom stereocenters. The molecule has 1 fully saturated rings. The van der Waals surface area contributed by atoms with Crippen LogP contribution in [0.5, 0.6) is 0 Å². The molecule has 0 unspecified atom stereocenters. The fourth-order valence-corrected chi connectivity index (χ4v) is 1.07. The van der Waals surface area contributed by atoms with E-state index in [0.29, 0.717) is 11.8 Å². The molecule has 0 radical (unpaired) electrons. The second kappa shape index (κ2) is 2.03. The molecular formula is C6H12O2. The molecule has 0 aromatic heterocycles. The van der Waals surface area contributed by atoms with Gasteiger partial charge in [0.15, 0.2) is 0 Å². The first-order chi connectivity index (χ1) is 3.75. The summed E-state index contributed by atoms with van der Waals surface area (Å²) in [6.45, 7) is 2.02. The van der Waals surface area contributed by atoms with Crippen LogP contribution in [0.1, 0.15) is 13.3 Å². The lowest BCUT2D eigenvalue weighted by molar-refractivity contribution is 0.153. The first kappa shape index (κ1) is 6.05. The minimum atomic E-state index is -0.216. The van der Waals surface area contributed by atoms with E-state index in [4.69, 9.17) is 10.2 Å². The fraction of sp³-hybridized carbons (Fsp3) is 1.00. The second-order valence-electron chi connectivity index (χ2n) is 2.58. The molecule has 1 aliphatic carbocycles. The SMILES string of the molecule is C[C@H](O)[C@@H]1C[C@@H]1CO. The first-order valence-corrected chi connectivity index (χ1v) is 3.04. The van der Waals surface area contributed by atoms with Crippen LogP contribution < -0.4 is 0 Å². The summed E-state index contributed by atoms with van der Waals surface area (Å²) in [5, 5.41) is 17.4. The van der Waals surface area contributed by atoms with Gasteiger partial charge in [-0.05, 0) is 25.2 Å². The molecule has 0 aromatic rings. The number of hydrogen-bond donors (Lipinski definition) is 2. The highest BCUT2D eigenvalue weighted by atomic mass is 16.3. The number of hydrogen-bond acceptors (Lipinski definition) is 2. The topological polar surface area (TPSA) is 40.5 Å². The maximum absolute atomic E-state index is 8.88. The fourth-order valence-electron chi connectivity index (χ4n) is 1.07. The van der Waals surface area contributed by atoms with E-state index in [-0.39, 0.29) is 12.7 Å². The highest BCUT2D eigenvalue weighted by molar-refractivity contribution is 4.88. The van der Waals surface area contributed by atoms with Crippen molar-refractivity contribution in [3.8, 4) is 0 Å². The van der Waals surface area contributed by atoms with Gasteiger partial charge in [0, 0.05) is 6.61 Å². The largest absolute Gasteiger partial charge is 0.396 e. The summed E-state index contributed by atoms with van der Waals surface area (Å²) < 4.78 is 0. The lowest BCUT2D eigenvalue weighted by Gasteiger charge is -1.98. The Bertz CT molecular complexity index is 80.6. The van der Waals surface area contributed by atoms with Gasteiger partial charge in [-0.15, -0.1) is 0 Å². The molecule has 1 aliphatic rings. The van der Waals surface area contributed by atoms with Gasteiger partial charge in [0.25, 0.3) is 0 Å². The molecule has 48 valence electrons. The lowest BCUT2D eigenvalue weighted by atomic mass is 10.2. The molecule has 1 saturated carbocycles. The minimum Gasteiger partial charge on any atom is -0.396 e. The van der Waals surface area contributed by atoms with Crippen molar-refractivity contribution in [2.75, 3.05) is 6.61 Å². The van der Waals surface area contributed by atoms with Gasteiger partial charge in [-0.3, -0.25) is 0 Å². The van der Waals surface area contributed by atoms with Crippen LogP contribution in [-0.4, -0.2) is 22.9 Å². The molecular weight excluding hydrogens is 104 g/mol. The molecule has 1 rings (SSSR count). The monoisotopic (exact) mass is 116 g/mol. The molecule has 2 nitrogen and oxygen atoms in total. The van der Waals surface area contributed by atoms with Crippen molar-refractivity contribution in [2.45, 2.75) is 19.4 Å². The number of rotatable bonds is 2. The maximum atomic E-state index is 8.88. The van der Waals surface area contributed by atoms with Crippen LogP contribution in [0.15, 0.2) is 0 Å². The molecule has 0 aliphatic heterocycles. The van der Waals surface area contributed by atoms with Crippen molar-refractivity contribution in [1.29, 1.82) is 0 Å². The standard InChI is InChI=1S/C6H12O2/c1-4(8)6-2-5(6)3-7/h4-8H,2-3H2,1H3/t4-,5+,6-/m0/s1. The Hall–Kier alpha value is -0.0800. The average molecular weight is 116 g/mol. The van der Waals surface area contributed by atoms with Gasteiger partial charge in [0.2, 0.25) is 0 Å². The van der Waals surface area contributed by atoms with E-state index in [0.717, 1.165) is 6.42 Å². The normalized spacial score (nSPS) is 39.4. The van der Waals surface area contributed by atoms with Crippen LogP contribution in [-0.2, 0) is 0 Å². The van der Waals surface area contributed by atoms with Gasteiger partial charge in [0.1, 0.15) is 0 Å². The van der Waals surface area contributed by atoms with Gasteiger partial charge in [-0.25, -0.2) is 0 Å². The summed E-state index contributed by atoms with van der Waals surface area (Å²) in [6.07, 6.45) is 0.792. The molecule has 2 heteroatoms. The highest BCUT2D eigenvalue weighted by Crippen LogP contribution is 2.40. The number of aliphatic hydroxyl groups excluding tert-OH is 2. The van der Waals surface area contributed by atoms with E-state index in [1.165, 1.54) is 0 Å². The summed E-state index contributed by atoms with van der Waals surface area (Å²) in [5.74, 6) is 0.787. The van der Waals surface area contributed by atoms with Crippen LogP contribution >= 0.6 is 0 Å². The minimum absolute atomic E-state index is 0.216. The van der Waals surface area contributed by atoms with E-state index in [1.54, 1.807) is 6.92 Å². The Labute approximate surface area is 49.1 Å². The molecule has 0 bridgehead atoms. The van der Waals surface area contributed by atoms with Crippen molar-refractivity contribution in [1.82, 2.24) is 0 Å². The third kappa shape index (κ3) is 1.01. The Morgan fingerprint density at radius 3 is 2.50 bits per heavy atom. The van der Waals surface area contributed by atoms with E-state index in [9.17, 15) is 0 Å². The quantitative estimate of drug-likeness (QED) is 0.533. The third-order valence-electron chi connectivity index (χ3n) is 1.83. The average Bonchev–Trinajstić information content (AvgIpc) is 2.42. The summed E-state index contributed by atoms with van der Waals surface area (Å²) in [5.41, 5.74) is 0. The molecule has 0 aromatic carbocycles. The van der Waals surface area contributed by atoms with Gasteiger partial charge in [-0.2, -0.15) is 0 Å². The predicted molar refractivity (Wildman–Crippen MR) is 30.4 cm³/mol. The Balaban J connectivity index is 2.16. The smallest absolute Gasteiger partial charge is 0.0543 e.